The van der Waals surface area contributed by atoms with Crippen LogP contribution in [0.15, 0.2) is 46.4 Å². The average molecular weight is 492 g/mol. The van der Waals surface area contributed by atoms with Crippen LogP contribution >= 0.6 is 0 Å². The predicted molar refractivity (Wildman–Crippen MR) is 144 cm³/mol. The smallest absolute Gasteiger partial charge is 0.257 e. The summed E-state index contributed by atoms with van der Waals surface area (Å²) in [5.74, 6) is 1.97. The Balaban J connectivity index is 1.66. The van der Waals surface area contributed by atoms with E-state index in [0.717, 1.165) is 42.1 Å². The molecule has 0 saturated carbocycles. The number of nitrogens with two attached hydrogens (primary N) is 1. The van der Waals surface area contributed by atoms with E-state index in [1.165, 1.54) is 5.56 Å². The number of carbonyl (C=O) groups is 1. The van der Waals surface area contributed by atoms with E-state index in [0.29, 0.717) is 36.3 Å². The SMILES string of the molecule is CCOc1cc2c(cc1OC)C(c1ccc(C(=O)NC(N)=NCC(C)C)cc1)=NC1CCN(C)CC21. The maximum absolute atomic E-state index is 12.6. The lowest BCUT2D eigenvalue weighted by molar-refractivity contribution is 0.0976. The van der Waals surface area contributed by atoms with Gasteiger partial charge in [0.15, 0.2) is 17.5 Å². The van der Waals surface area contributed by atoms with Gasteiger partial charge in [0.1, 0.15) is 0 Å². The number of nitrogens with one attached hydrogen (secondary N) is 1. The van der Waals surface area contributed by atoms with Gasteiger partial charge in [-0.3, -0.25) is 20.1 Å². The third-order valence-corrected chi connectivity index (χ3v) is 6.65. The van der Waals surface area contributed by atoms with Crippen molar-refractivity contribution in [3.8, 4) is 11.5 Å². The van der Waals surface area contributed by atoms with Crippen molar-refractivity contribution in [3.63, 3.8) is 0 Å². The topological polar surface area (TPSA) is 102 Å². The van der Waals surface area contributed by atoms with Crippen molar-refractivity contribution in [3.05, 3.63) is 58.7 Å². The molecule has 2 aliphatic rings. The van der Waals surface area contributed by atoms with Gasteiger partial charge in [0.2, 0.25) is 0 Å². The first kappa shape index (κ1) is 25.7. The van der Waals surface area contributed by atoms with Crippen molar-refractivity contribution in [1.29, 1.82) is 0 Å². The van der Waals surface area contributed by atoms with Gasteiger partial charge < -0.3 is 20.1 Å². The highest BCUT2D eigenvalue weighted by molar-refractivity contribution is 6.15. The number of fused-ring (bicyclic) bond motifs is 3. The van der Waals surface area contributed by atoms with E-state index in [1.807, 2.05) is 39.0 Å². The summed E-state index contributed by atoms with van der Waals surface area (Å²) in [6.07, 6.45) is 0.996. The number of nitrogens with zero attached hydrogens (tertiary/aromatic N) is 3. The zero-order valence-electron chi connectivity index (χ0n) is 21.9. The van der Waals surface area contributed by atoms with Gasteiger partial charge in [0, 0.05) is 35.7 Å². The highest BCUT2D eigenvalue weighted by atomic mass is 16.5. The molecule has 0 bridgehead atoms. The molecule has 1 saturated heterocycles. The van der Waals surface area contributed by atoms with Crippen LogP contribution in [0.3, 0.4) is 0 Å². The Bertz CT molecular complexity index is 1160. The standard InChI is InChI=1S/C28H37N5O3/c1-6-36-25-13-20-21(14-24(25)35-5)26(31-23-11-12-33(4)16-22(20)23)18-7-9-19(10-8-18)27(34)32-28(29)30-15-17(2)3/h7-10,13-14,17,22-23H,6,11-12,15-16H2,1-5H3,(H3,29,30,32,34). The fraction of sp³-hybridized carbons (Fsp3) is 0.464. The van der Waals surface area contributed by atoms with Crippen molar-refractivity contribution in [2.24, 2.45) is 21.6 Å². The number of amides is 1. The first-order valence-electron chi connectivity index (χ1n) is 12.6. The number of guanidine groups is 1. The molecule has 0 aromatic heterocycles. The molecule has 0 aliphatic carbocycles. The second kappa shape index (κ2) is 11.1. The number of ether oxygens (including phenoxy) is 2. The van der Waals surface area contributed by atoms with Gasteiger partial charge in [-0.05, 0) is 62.7 Å². The molecule has 1 amide bonds. The zero-order valence-corrected chi connectivity index (χ0v) is 21.9. The maximum atomic E-state index is 12.6. The van der Waals surface area contributed by atoms with E-state index in [9.17, 15) is 4.79 Å². The Morgan fingerprint density at radius 2 is 2.00 bits per heavy atom. The van der Waals surface area contributed by atoms with Crippen LogP contribution in [0.4, 0.5) is 0 Å². The lowest BCUT2D eigenvalue weighted by Crippen LogP contribution is -2.41. The molecule has 192 valence electrons. The number of rotatable bonds is 7. The van der Waals surface area contributed by atoms with Crippen LogP contribution < -0.4 is 20.5 Å². The van der Waals surface area contributed by atoms with E-state index in [2.05, 4.69) is 28.3 Å². The van der Waals surface area contributed by atoms with E-state index in [1.54, 1.807) is 19.2 Å². The average Bonchev–Trinajstić information content (AvgIpc) is 2.87. The van der Waals surface area contributed by atoms with E-state index in [-0.39, 0.29) is 17.9 Å². The van der Waals surface area contributed by atoms with Crippen molar-refractivity contribution in [1.82, 2.24) is 10.2 Å². The van der Waals surface area contributed by atoms with Crippen molar-refractivity contribution in [2.45, 2.75) is 39.2 Å². The van der Waals surface area contributed by atoms with Crippen molar-refractivity contribution >= 4 is 17.6 Å². The van der Waals surface area contributed by atoms with E-state index >= 15 is 0 Å². The molecule has 2 aliphatic heterocycles. The van der Waals surface area contributed by atoms with E-state index < -0.39 is 0 Å². The van der Waals surface area contributed by atoms with Crippen molar-refractivity contribution in [2.75, 3.05) is 40.4 Å². The summed E-state index contributed by atoms with van der Waals surface area (Å²) in [7, 11) is 3.82. The second-order valence-electron chi connectivity index (χ2n) is 9.88. The summed E-state index contributed by atoms with van der Waals surface area (Å²) in [6, 6.07) is 11.9. The van der Waals surface area contributed by atoms with Gasteiger partial charge in [-0.15, -0.1) is 0 Å². The molecular weight excluding hydrogens is 454 g/mol. The largest absolute Gasteiger partial charge is 0.493 e. The highest BCUT2D eigenvalue weighted by Crippen LogP contribution is 2.42. The van der Waals surface area contributed by atoms with Crippen LogP contribution in [0.5, 0.6) is 11.5 Å². The molecule has 2 heterocycles. The zero-order chi connectivity index (χ0) is 25.8. The van der Waals surface area contributed by atoms with Crippen LogP contribution in [0, 0.1) is 5.92 Å². The molecule has 0 spiro atoms. The minimum absolute atomic E-state index is 0.133. The Kier molecular flexibility index (Phi) is 7.94. The van der Waals surface area contributed by atoms with Crippen LogP contribution in [-0.2, 0) is 0 Å². The van der Waals surface area contributed by atoms with Gasteiger partial charge in [0.05, 0.1) is 25.5 Å². The van der Waals surface area contributed by atoms with Crippen molar-refractivity contribution < 1.29 is 14.3 Å². The summed E-state index contributed by atoms with van der Waals surface area (Å²) in [6.45, 7) is 9.17. The van der Waals surface area contributed by atoms with Gasteiger partial charge in [-0.2, -0.15) is 0 Å². The molecule has 2 aromatic carbocycles. The van der Waals surface area contributed by atoms with Gasteiger partial charge in [0.25, 0.3) is 5.91 Å². The summed E-state index contributed by atoms with van der Waals surface area (Å²) in [4.78, 5) is 24.4. The molecule has 8 nitrogen and oxygen atoms in total. The summed E-state index contributed by atoms with van der Waals surface area (Å²) in [5, 5.41) is 2.66. The third kappa shape index (κ3) is 5.54. The molecule has 3 N–H and O–H groups in total. The number of hydrogen-bond acceptors (Lipinski definition) is 6. The third-order valence-electron chi connectivity index (χ3n) is 6.65. The fourth-order valence-corrected chi connectivity index (χ4v) is 4.83. The predicted octanol–water partition coefficient (Wildman–Crippen LogP) is 3.43. The first-order valence-corrected chi connectivity index (χ1v) is 12.6. The molecular formula is C28H37N5O3. The first-order chi connectivity index (χ1) is 17.3. The second-order valence-corrected chi connectivity index (χ2v) is 9.88. The number of hydrogen-bond donors (Lipinski definition) is 2. The van der Waals surface area contributed by atoms with E-state index in [4.69, 9.17) is 20.2 Å². The molecule has 0 radical (unpaired) electrons. The number of piperidine rings is 1. The molecule has 2 unspecified atom stereocenters. The number of carbonyl (C=O) groups excluding carboxylic acids is 1. The lowest BCUT2D eigenvalue weighted by atomic mass is 9.79. The van der Waals surface area contributed by atoms with Crippen LogP contribution in [0.25, 0.3) is 0 Å². The number of methoxy groups -OCH3 is 1. The maximum Gasteiger partial charge on any atom is 0.257 e. The number of likely N-dealkylation sites (N-methyl/N-ethyl adjacent to an activating group) is 1. The molecule has 36 heavy (non-hydrogen) atoms. The van der Waals surface area contributed by atoms with Crippen LogP contribution in [0.2, 0.25) is 0 Å². The summed E-state index contributed by atoms with van der Waals surface area (Å²) < 4.78 is 11.6. The lowest BCUT2D eigenvalue weighted by Gasteiger charge is -2.39. The number of likely N-dealkylation sites (tertiary alicyclic amines) is 1. The molecule has 2 atom stereocenters. The molecule has 4 rings (SSSR count). The molecule has 1 fully saturated rings. The van der Waals surface area contributed by atoms with Crippen LogP contribution in [-0.4, -0.2) is 68.9 Å². The Morgan fingerprint density at radius 3 is 2.67 bits per heavy atom. The Hall–Kier alpha value is -3.39. The summed E-state index contributed by atoms with van der Waals surface area (Å²) >= 11 is 0. The fourth-order valence-electron chi connectivity index (χ4n) is 4.83. The quantitative estimate of drug-likeness (QED) is 0.456. The molecule has 2 aromatic rings. The molecule has 8 heteroatoms. The Morgan fingerprint density at radius 1 is 1.25 bits per heavy atom. The summed E-state index contributed by atoms with van der Waals surface area (Å²) in [5.41, 5.74) is 10.5. The highest BCUT2D eigenvalue weighted by Gasteiger charge is 2.36. The van der Waals surface area contributed by atoms with Gasteiger partial charge in [-0.1, -0.05) is 26.0 Å². The van der Waals surface area contributed by atoms with Crippen LogP contribution in [0.1, 0.15) is 60.2 Å². The minimum Gasteiger partial charge on any atom is -0.493 e. The van der Waals surface area contributed by atoms with Gasteiger partial charge >= 0.3 is 0 Å². The monoisotopic (exact) mass is 491 g/mol. The number of aliphatic imine (C=N–C) groups is 2. The normalized spacial score (nSPS) is 19.8. The van der Waals surface area contributed by atoms with Gasteiger partial charge in [-0.25, -0.2) is 0 Å². The minimum atomic E-state index is -0.282. The number of benzene rings is 2. The Labute approximate surface area is 213 Å².